The molecule has 1 atom stereocenters. The summed E-state index contributed by atoms with van der Waals surface area (Å²) in [4.78, 5) is 0. The van der Waals surface area contributed by atoms with Gasteiger partial charge in [0.15, 0.2) is 10.5 Å². The number of hydrogen-bond donors (Lipinski definition) is 1. The molecule has 2 heterocycles. The standard InChI is InChI=1S/C11H16BrNO3/c1-11(2)14-7-9(16-11)6-13-5-8-3-4-10(12)15-8/h3-4,9,13H,5-7H2,1-2H3. The van der Waals surface area contributed by atoms with Gasteiger partial charge in [-0.05, 0) is 41.9 Å². The van der Waals surface area contributed by atoms with Gasteiger partial charge in [-0.25, -0.2) is 0 Å². The Morgan fingerprint density at radius 1 is 1.50 bits per heavy atom. The number of furan rings is 1. The third-order valence-electron chi connectivity index (χ3n) is 2.37. The summed E-state index contributed by atoms with van der Waals surface area (Å²) in [6, 6.07) is 3.82. The molecule has 5 heteroatoms. The van der Waals surface area contributed by atoms with E-state index < -0.39 is 5.79 Å². The van der Waals surface area contributed by atoms with Crippen molar-refractivity contribution < 1.29 is 13.9 Å². The van der Waals surface area contributed by atoms with Crippen LogP contribution in [0, 0.1) is 0 Å². The zero-order valence-electron chi connectivity index (χ0n) is 9.46. The average Bonchev–Trinajstić information content (AvgIpc) is 2.73. The second kappa shape index (κ2) is 4.87. The molecule has 1 unspecified atom stereocenters. The normalized spacial score (nSPS) is 23.8. The zero-order chi connectivity index (χ0) is 11.6. The van der Waals surface area contributed by atoms with Gasteiger partial charge in [-0.15, -0.1) is 0 Å². The van der Waals surface area contributed by atoms with E-state index in [1.807, 2.05) is 26.0 Å². The lowest BCUT2D eigenvalue weighted by molar-refractivity contribution is -0.137. The molecular weight excluding hydrogens is 274 g/mol. The molecule has 0 spiro atoms. The largest absolute Gasteiger partial charge is 0.453 e. The Morgan fingerprint density at radius 2 is 2.31 bits per heavy atom. The van der Waals surface area contributed by atoms with Gasteiger partial charge in [0.2, 0.25) is 0 Å². The molecule has 0 aromatic carbocycles. The Kier molecular flexibility index (Phi) is 3.69. The highest BCUT2D eigenvalue weighted by Gasteiger charge is 2.32. The predicted octanol–water partition coefficient (Wildman–Crippen LogP) is 2.28. The lowest BCUT2D eigenvalue weighted by Crippen LogP contribution is -2.30. The van der Waals surface area contributed by atoms with Crippen LogP contribution >= 0.6 is 15.9 Å². The van der Waals surface area contributed by atoms with Gasteiger partial charge in [0.25, 0.3) is 0 Å². The van der Waals surface area contributed by atoms with Crippen LogP contribution in [-0.2, 0) is 16.0 Å². The van der Waals surface area contributed by atoms with Crippen molar-refractivity contribution in [3.05, 3.63) is 22.6 Å². The van der Waals surface area contributed by atoms with E-state index in [1.54, 1.807) is 0 Å². The molecule has 1 aliphatic rings. The van der Waals surface area contributed by atoms with E-state index in [1.165, 1.54) is 0 Å². The molecule has 0 radical (unpaired) electrons. The Bertz CT molecular complexity index is 351. The lowest BCUT2D eigenvalue weighted by atomic mass is 10.3. The van der Waals surface area contributed by atoms with Crippen molar-refractivity contribution in [2.45, 2.75) is 32.3 Å². The number of rotatable bonds is 4. The number of halogens is 1. The fourth-order valence-electron chi connectivity index (χ4n) is 1.67. The molecule has 0 saturated carbocycles. The average molecular weight is 290 g/mol. The monoisotopic (exact) mass is 289 g/mol. The molecule has 0 aliphatic carbocycles. The number of nitrogens with one attached hydrogen (secondary N) is 1. The van der Waals surface area contributed by atoms with E-state index in [0.717, 1.165) is 17.0 Å². The maximum absolute atomic E-state index is 5.67. The van der Waals surface area contributed by atoms with Crippen molar-refractivity contribution in [3.8, 4) is 0 Å². The van der Waals surface area contributed by atoms with Crippen LogP contribution in [0.1, 0.15) is 19.6 Å². The van der Waals surface area contributed by atoms with Crippen molar-refractivity contribution in [1.29, 1.82) is 0 Å². The van der Waals surface area contributed by atoms with Crippen LogP contribution in [0.4, 0.5) is 0 Å². The summed E-state index contributed by atoms with van der Waals surface area (Å²) in [5, 5.41) is 3.28. The van der Waals surface area contributed by atoms with E-state index in [2.05, 4.69) is 21.2 Å². The van der Waals surface area contributed by atoms with Crippen molar-refractivity contribution in [1.82, 2.24) is 5.32 Å². The highest BCUT2D eigenvalue weighted by Crippen LogP contribution is 2.21. The SMILES string of the molecule is CC1(C)OCC(CNCc2ccc(Br)o2)O1. The van der Waals surface area contributed by atoms with Crippen LogP contribution < -0.4 is 5.32 Å². The van der Waals surface area contributed by atoms with Crippen molar-refractivity contribution in [2.24, 2.45) is 0 Å². The molecule has 1 saturated heterocycles. The Labute approximate surface area is 103 Å². The first kappa shape index (κ1) is 12.1. The molecular formula is C11H16BrNO3. The van der Waals surface area contributed by atoms with Crippen LogP contribution in [-0.4, -0.2) is 25.0 Å². The minimum atomic E-state index is -0.444. The first-order valence-electron chi connectivity index (χ1n) is 5.32. The van der Waals surface area contributed by atoms with Crippen LogP contribution in [0.3, 0.4) is 0 Å². The summed E-state index contributed by atoms with van der Waals surface area (Å²) in [5.74, 6) is 0.463. The molecule has 1 aromatic heterocycles. The minimum Gasteiger partial charge on any atom is -0.453 e. The molecule has 1 aromatic rings. The maximum atomic E-state index is 5.67. The fraction of sp³-hybridized carbons (Fsp3) is 0.636. The summed E-state index contributed by atoms with van der Waals surface area (Å²) in [6.07, 6.45) is 0.119. The predicted molar refractivity (Wildman–Crippen MR) is 63.0 cm³/mol. The second-order valence-corrected chi connectivity index (χ2v) is 5.07. The molecule has 0 amide bonds. The quantitative estimate of drug-likeness (QED) is 0.924. The molecule has 1 fully saturated rings. The van der Waals surface area contributed by atoms with E-state index in [-0.39, 0.29) is 6.10 Å². The maximum Gasteiger partial charge on any atom is 0.169 e. The first-order valence-corrected chi connectivity index (χ1v) is 6.11. The van der Waals surface area contributed by atoms with Gasteiger partial charge in [-0.1, -0.05) is 0 Å². The zero-order valence-corrected chi connectivity index (χ0v) is 11.0. The van der Waals surface area contributed by atoms with E-state index in [9.17, 15) is 0 Å². The minimum absolute atomic E-state index is 0.119. The Hall–Kier alpha value is -0.360. The fourth-order valence-corrected chi connectivity index (χ4v) is 2.01. The Morgan fingerprint density at radius 3 is 2.88 bits per heavy atom. The van der Waals surface area contributed by atoms with Gasteiger partial charge >= 0.3 is 0 Å². The van der Waals surface area contributed by atoms with Gasteiger partial charge < -0.3 is 19.2 Å². The van der Waals surface area contributed by atoms with E-state index in [4.69, 9.17) is 13.9 Å². The molecule has 16 heavy (non-hydrogen) atoms. The van der Waals surface area contributed by atoms with Crippen molar-refractivity contribution >= 4 is 15.9 Å². The summed E-state index contributed by atoms with van der Waals surface area (Å²) >= 11 is 3.27. The highest BCUT2D eigenvalue weighted by atomic mass is 79.9. The molecule has 2 rings (SSSR count). The van der Waals surface area contributed by atoms with Crippen LogP contribution in [0.15, 0.2) is 21.2 Å². The Balaban J connectivity index is 1.69. The van der Waals surface area contributed by atoms with Gasteiger partial charge in [0.05, 0.1) is 19.3 Å². The lowest BCUT2D eigenvalue weighted by Gasteiger charge is -2.17. The van der Waals surface area contributed by atoms with Crippen molar-refractivity contribution in [2.75, 3.05) is 13.2 Å². The molecule has 90 valence electrons. The van der Waals surface area contributed by atoms with Gasteiger partial charge in [-0.2, -0.15) is 0 Å². The third-order valence-corrected chi connectivity index (χ3v) is 2.79. The third kappa shape index (κ3) is 3.31. The summed E-state index contributed by atoms with van der Waals surface area (Å²) in [5.41, 5.74) is 0. The van der Waals surface area contributed by atoms with E-state index in [0.29, 0.717) is 13.2 Å². The summed E-state index contributed by atoms with van der Waals surface area (Å²) < 4.78 is 17.3. The molecule has 4 nitrogen and oxygen atoms in total. The second-order valence-electron chi connectivity index (χ2n) is 4.29. The molecule has 0 bridgehead atoms. The van der Waals surface area contributed by atoms with Gasteiger partial charge in [0.1, 0.15) is 5.76 Å². The number of ether oxygens (including phenoxy) is 2. The molecule has 1 aliphatic heterocycles. The topological polar surface area (TPSA) is 43.6 Å². The van der Waals surface area contributed by atoms with E-state index >= 15 is 0 Å². The summed E-state index contributed by atoms with van der Waals surface area (Å²) in [6.45, 7) is 5.96. The number of hydrogen-bond acceptors (Lipinski definition) is 4. The van der Waals surface area contributed by atoms with Crippen LogP contribution in [0.2, 0.25) is 0 Å². The molecule has 1 N–H and O–H groups in total. The van der Waals surface area contributed by atoms with Crippen LogP contribution in [0.5, 0.6) is 0 Å². The van der Waals surface area contributed by atoms with Crippen molar-refractivity contribution in [3.63, 3.8) is 0 Å². The first-order chi connectivity index (χ1) is 7.55. The van der Waals surface area contributed by atoms with Gasteiger partial charge in [-0.3, -0.25) is 0 Å². The summed E-state index contributed by atoms with van der Waals surface area (Å²) in [7, 11) is 0. The van der Waals surface area contributed by atoms with Gasteiger partial charge in [0, 0.05) is 6.54 Å². The van der Waals surface area contributed by atoms with Crippen LogP contribution in [0.25, 0.3) is 0 Å². The smallest absolute Gasteiger partial charge is 0.169 e. The highest BCUT2D eigenvalue weighted by molar-refractivity contribution is 9.10.